The second-order valence-corrected chi connectivity index (χ2v) is 4.37. The smallest absolute Gasteiger partial charge is 0.0158 e. The van der Waals surface area contributed by atoms with Crippen molar-refractivity contribution in [1.29, 1.82) is 0 Å². The van der Waals surface area contributed by atoms with Crippen LogP contribution in [0, 0.1) is 0 Å². The summed E-state index contributed by atoms with van der Waals surface area (Å²) in [7, 11) is 0. The van der Waals surface area contributed by atoms with Gasteiger partial charge in [0, 0.05) is 11.8 Å². The predicted octanol–water partition coefficient (Wildman–Crippen LogP) is 2.27. The largest absolute Gasteiger partial charge is 0.313 e. The number of nitrogens with one attached hydrogen (secondary N) is 1. The highest BCUT2D eigenvalue weighted by Crippen LogP contribution is 2.16. The summed E-state index contributed by atoms with van der Waals surface area (Å²) in [5.74, 6) is 2.72. The molecule has 1 nitrogen and oxygen atoms in total. The summed E-state index contributed by atoms with van der Waals surface area (Å²) in [6.45, 7) is 3.47. The van der Waals surface area contributed by atoms with Crippen LogP contribution in [0.15, 0.2) is 0 Å². The molecular formula is C9H19NS. The minimum Gasteiger partial charge on any atom is -0.313 e. The van der Waals surface area contributed by atoms with Crippen molar-refractivity contribution < 1.29 is 0 Å². The van der Waals surface area contributed by atoms with Gasteiger partial charge in [-0.1, -0.05) is 13.3 Å². The second kappa shape index (κ2) is 5.90. The lowest BCUT2D eigenvalue weighted by molar-refractivity contribution is 0.499. The molecule has 0 aromatic heterocycles. The molecular weight excluding hydrogens is 154 g/mol. The maximum Gasteiger partial charge on any atom is 0.0158 e. The van der Waals surface area contributed by atoms with Gasteiger partial charge in [-0.3, -0.25) is 0 Å². The topological polar surface area (TPSA) is 12.0 Å². The molecule has 1 aliphatic rings. The van der Waals surface area contributed by atoms with Gasteiger partial charge in [0.1, 0.15) is 0 Å². The molecule has 0 unspecified atom stereocenters. The molecule has 0 aliphatic carbocycles. The third kappa shape index (κ3) is 4.02. The van der Waals surface area contributed by atoms with Crippen LogP contribution in [0.4, 0.5) is 0 Å². The minimum absolute atomic E-state index is 0.820. The van der Waals surface area contributed by atoms with Crippen LogP contribution in [-0.4, -0.2) is 24.1 Å². The monoisotopic (exact) mass is 173 g/mol. The molecule has 1 heterocycles. The Morgan fingerprint density at radius 2 is 2.45 bits per heavy atom. The van der Waals surface area contributed by atoms with E-state index in [1.807, 2.05) is 0 Å². The molecule has 1 N–H and O–H groups in total. The van der Waals surface area contributed by atoms with Crippen molar-refractivity contribution in [2.45, 2.75) is 38.6 Å². The predicted molar refractivity (Wildman–Crippen MR) is 53.3 cm³/mol. The van der Waals surface area contributed by atoms with E-state index in [-0.39, 0.29) is 0 Å². The van der Waals surface area contributed by atoms with Gasteiger partial charge in [0.25, 0.3) is 0 Å². The number of hydrogen-bond donors (Lipinski definition) is 1. The van der Waals surface area contributed by atoms with Gasteiger partial charge in [-0.15, -0.1) is 0 Å². The fourth-order valence-electron chi connectivity index (χ4n) is 1.38. The van der Waals surface area contributed by atoms with Crippen molar-refractivity contribution in [2.24, 2.45) is 0 Å². The van der Waals surface area contributed by atoms with Gasteiger partial charge in [-0.2, -0.15) is 11.8 Å². The van der Waals surface area contributed by atoms with E-state index in [0.29, 0.717) is 0 Å². The lowest BCUT2D eigenvalue weighted by atomic mass is 10.2. The standard InChI is InChI=1S/C9H19NS/c1-2-3-6-10-9-5-4-7-11-8-9/h9-10H,2-8H2,1H3/t9-/m0/s1. The highest BCUT2D eigenvalue weighted by atomic mass is 32.2. The average Bonchev–Trinajstić information content (AvgIpc) is 2.07. The van der Waals surface area contributed by atoms with E-state index < -0.39 is 0 Å². The first-order chi connectivity index (χ1) is 5.43. The van der Waals surface area contributed by atoms with E-state index in [2.05, 4.69) is 24.0 Å². The van der Waals surface area contributed by atoms with Gasteiger partial charge < -0.3 is 5.32 Å². The maximum absolute atomic E-state index is 3.60. The molecule has 0 aromatic carbocycles. The van der Waals surface area contributed by atoms with E-state index >= 15 is 0 Å². The molecule has 1 fully saturated rings. The van der Waals surface area contributed by atoms with E-state index in [0.717, 1.165) is 6.04 Å². The van der Waals surface area contributed by atoms with E-state index in [1.54, 1.807) is 0 Å². The average molecular weight is 173 g/mol. The summed E-state index contributed by atoms with van der Waals surface area (Å²) >= 11 is 2.10. The Bertz CT molecular complexity index is 89.6. The normalized spacial score (nSPS) is 25.4. The van der Waals surface area contributed by atoms with Gasteiger partial charge in [0.2, 0.25) is 0 Å². The highest BCUT2D eigenvalue weighted by Gasteiger charge is 2.11. The summed E-state index contributed by atoms with van der Waals surface area (Å²) in [5, 5.41) is 3.60. The van der Waals surface area contributed by atoms with Crippen LogP contribution >= 0.6 is 11.8 Å². The fraction of sp³-hybridized carbons (Fsp3) is 1.00. The lowest BCUT2D eigenvalue weighted by Gasteiger charge is -2.22. The van der Waals surface area contributed by atoms with Crippen molar-refractivity contribution in [3.05, 3.63) is 0 Å². The van der Waals surface area contributed by atoms with Crippen LogP contribution in [0.25, 0.3) is 0 Å². The summed E-state index contributed by atoms with van der Waals surface area (Å²) in [6, 6.07) is 0.820. The van der Waals surface area contributed by atoms with Crippen molar-refractivity contribution >= 4 is 11.8 Å². The van der Waals surface area contributed by atoms with E-state index in [4.69, 9.17) is 0 Å². The molecule has 2 heteroatoms. The number of hydrogen-bond acceptors (Lipinski definition) is 2. The number of unbranched alkanes of at least 4 members (excludes halogenated alkanes) is 1. The molecule has 0 aromatic rings. The van der Waals surface area contributed by atoms with Crippen molar-refractivity contribution in [2.75, 3.05) is 18.1 Å². The lowest BCUT2D eigenvalue weighted by Crippen LogP contribution is -2.34. The van der Waals surface area contributed by atoms with Gasteiger partial charge in [-0.25, -0.2) is 0 Å². The first-order valence-electron chi connectivity index (χ1n) is 4.74. The van der Waals surface area contributed by atoms with Crippen molar-refractivity contribution in [3.8, 4) is 0 Å². The summed E-state index contributed by atoms with van der Waals surface area (Å²) in [6.07, 6.45) is 5.46. The Labute approximate surface area is 74.3 Å². The molecule has 1 saturated heterocycles. The van der Waals surface area contributed by atoms with Crippen molar-refractivity contribution in [3.63, 3.8) is 0 Å². The second-order valence-electron chi connectivity index (χ2n) is 3.22. The Morgan fingerprint density at radius 3 is 3.09 bits per heavy atom. The van der Waals surface area contributed by atoms with E-state index in [9.17, 15) is 0 Å². The van der Waals surface area contributed by atoms with Gasteiger partial charge in [0.05, 0.1) is 0 Å². The molecule has 0 bridgehead atoms. The van der Waals surface area contributed by atoms with Crippen LogP contribution < -0.4 is 5.32 Å². The quantitative estimate of drug-likeness (QED) is 0.655. The Balaban J connectivity index is 1.96. The van der Waals surface area contributed by atoms with Crippen LogP contribution in [-0.2, 0) is 0 Å². The first-order valence-corrected chi connectivity index (χ1v) is 5.90. The van der Waals surface area contributed by atoms with Crippen molar-refractivity contribution in [1.82, 2.24) is 5.32 Å². The third-order valence-corrected chi connectivity index (χ3v) is 3.34. The molecule has 11 heavy (non-hydrogen) atoms. The van der Waals surface area contributed by atoms with Gasteiger partial charge in [-0.05, 0) is 31.6 Å². The van der Waals surface area contributed by atoms with Gasteiger partial charge >= 0.3 is 0 Å². The third-order valence-electron chi connectivity index (χ3n) is 2.12. The zero-order valence-electron chi connectivity index (χ0n) is 7.44. The number of thioether (sulfide) groups is 1. The Hall–Kier alpha value is 0.310. The van der Waals surface area contributed by atoms with Crippen LogP contribution in [0.2, 0.25) is 0 Å². The first kappa shape index (κ1) is 9.40. The van der Waals surface area contributed by atoms with Gasteiger partial charge in [0.15, 0.2) is 0 Å². The highest BCUT2D eigenvalue weighted by molar-refractivity contribution is 7.99. The Kier molecular flexibility index (Phi) is 5.04. The fourth-order valence-corrected chi connectivity index (χ4v) is 2.49. The SMILES string of the molecule is CCCCN[C@H]1CCCSC1. The summed E-state index contributed by atoms with van der Waals surface area (Å²) in [4.78, 5) is 0. The molecule has 0 radical (unpaired) electrons. The molecule has 66 valence electrons. The Morgan fingerprint density at radius 1 is 1.55 bits per heavy atom. The minimum atomic E-state index is 0.820. The maximum atomic E-state index is 3.60. The zero-order chi connectivity index (χ0) is 7.94. The van der Waals surface area contributed by atoms with E-state index in [1.165, 1.54) is 43.7 Å². The molecule has 0 spiro atoms. The molecule has 0 amide bonds. The number of rotatable bonds is 4. The zero-order valence-corrected chi connectivity index (χ0v) is 8.25. The summed E-state index contributed by atoms with van der Waals surface area (Å²) in [5.41, 5.74) is 0. The molecule has 0 saturated carbocycles. The van der Waals surface area contributed by atoms with Crippen LogP contribution in [0.1, 0.15) is 32.6 Å². The molecule has 1 atom stereocenters. The van der Waals surface area contributed by atoms with Crippen LogP contribution in [0.5, 0.6) is 0 Å². The summed E-state index contributed by atoms with van der Waals surface area (Å²) < 4.78 is 0. The molecule has 1 rings (SSSR count). The molecule has 1 aliphatic heterocycles. The van der Waals surface area contributed by atoms with Crippen LogP contribution in [0.3, 0.4) is 0 Å².